The van der Waals surface area contributed by atoms with Crippen LogP contribution in [0.5, 0.6) is 0 Å². The molecule has 3 aliphatic carbocycles. The third-order valence-corrected chi connectivity index (χ3v) is 8.82. The summed E-state index contributed by atoms with van der Waals surface area (Å²) in [6.07, 6.45) is 4.77. The van der Waals surface area contributed by atoms with Crippen molar-refractivity contribution in [1.82, 2.24) is 10.1 Å². The van der Waals surface area contributed by atoms with E-state index in [9.17, 15) is 9.90 Å². The van der Waals surface area contributed by atoms with Crippen LogP contribution < -0.4 is 0 Å². The third kappa shape index (κ3) is 4.38. The van der Waals surface area contributed by atoms with Crippen LogP contribution in [0.2, 0.25) is 10.0 Å². The summed E-state index contributed by atoms with van der Waals surface area (Å²) in [6.45, 7) is 2.00. The van der Waals surface area contributed by atoms with Gasteiger partial charge in [0.15, 0.2) is 0 Å². The Morgan fingerprint density at radius 3 is 2.46 bits per heavy atom. The molecule has 2 bridgehead atoms. The molecule has 2 N–H and O–H groups in total. The SMILES string of the molecule is Cc1oc([C@]2(O)[C@@H]3CC[C@H]2C[C@H](OCc2c(-c4c(Cl)cccc4Cl)noc2C2CC2)C3)nc1CC(=O)O. The third-order valence-electron chi connectivity index (χ3n) is 8.19. The normalized spacial score (nSPS) is 27.1. The number of aliphatic carboxylic acids is 1. The van der Waals surface area contributed by atoms with Gasteiger partial charge in [0.2, 0.25) is 5.89 Å². The average Bonchev–Trinajstić information content (AvgIpc) is 3.48. The quantitative estimate of drug-likeness (QED) is 0.350. The average molecular weight is 547 g/mol. The van der Waals surface area contributed by atoms with Crippen molar-refractivity contribution in [2.75, 3.05) is 0 Å². The van der Waals surface area contributed by atoms with E-state index in [1.54, 1.807) is 25.1 Å². The predicted molar refractivity (Wildman–Crippen MR) is 134 cm³/mol. The zero-order valence-corrected chi connectivity index (χ0v) is 21.9. The Morgan fingerprint density at radius 2 is 1.84 bits per heavy atom. The molecule has 37 heavy (non-hydrogen) atoms. The van der Waals surface area contributed by atoms with Crippen molar-refractivity contribution in [3.63, 3.8) is 0 Å². The number of carbonyl (C=O) groups is 1. The van der Waals surface area contributed by atoms with Crippen molar-refractivity contribution in [3.8, 4) is 11.3 Å². The van der Waals surface area contributed by atoms with Crippen LogP contribution >= 0.6 is 23.2 Å². The van der Waals surface area contributed by atoms with E-state index in [0.717, 1.165) is 37.0 Å². The number of halogens is 2. The van der Waals surface area contributed by atoms with Gasteiger partial charge >= 0.3 is 5.97 Å². The molecule has 0 aliphatic heterocycles. The second-order valence-corrected chi connectivity index (χ2v) is 11.4. The largest absolute Gasteiger partial charge is 0.481 e. The number of rotatable bonds is 8. The Labute approximate surface area is 223 Å². The molecule has 1 aromatic carbocycles. The number of carboxylic acid groups (broad SMARTS) is 1. The van der Waals surface area contributed by atoms with Crippen molar-refractivity contribution >= 4 is 29.2 Å². The Balaban J connectivity index is 1.21. The molecule has 6 rings (SSSR count). The fourth-order valence-electron chi connectivity index (χ4n) is 6.14. The summed E-state index contributed by atoms with van der Waals surface area (Å²) in [5.74, 6) is 0.688. The summed E-state index contributed by atoms with van der Waals surface area (Å²) in [4.78, 5) is 15.6. The smallest absolute Gasteiger partial charge is 0.309 e. The van der Waals surface area contributed by atoms with Crippen molar-refractivity contribution in [2.45, 2.75) is 76.1 Å². The molecule has 8 nitrogen and oxygen atoms in total. The minimum Gasteiger partial charge on any atom is -0.481 e. The molecule has 2 heterocycles. The molecule has 3 aromatic rings. The van der Waals surface area contributed by atoms with Gasteiger partial charge in [-0.05, 0) is 69.4 Å². The lowest BCUT2D eigenvalue weighted by atomic mass is 9.73. The van der Waals surface area contributed by atoms with Crippen LogP contribution in [0.15, 0.2) is 27.1 Å². The van der Waals surface area contributed by atoms with E-state index in [1.165, 1.54) is 0 Å². The van der Waals surface area contributed by atoms with E-state index in [-0.39, 0.29) is 30.3 Å². The van der Waals surface area contributed by atoms with Crippen LogP contribution in [0, 0.1) is 18.8 Å². The number of hydrogen-bond acceptors (Lipinski definition) is 7. The van der Waals surface area contributed by atoms with Crippen molar-refractivity contribution in [2.24, 2.45) is 11.8 Å². The van der Waals surface area contributed by atoms with Crippen molar-refractivity contribution in [3.05, 3.63) is 56.9 Å². The molecule has 2 aromatic heterocycles. The molecule has 3 saturated carbocycles. The van der Waals surface area contributed by atoms with E-state index in [4.69, 9.17) is 42.0 Å². The molecule has 4 atom stereocenters. The lowest BCUT2D eigenvalue weighted by Crippen LogP contribution is -2.44. The molecule has 196 valence electrons. The number of benzene rings is 1. The van der Waals surface area contributed by atoms with Crippen molar-refractivity contribution in [1.29, 1.82) is 0 Å². The maximum atomic E-state index is 11.7. The number of hydrogen-bond donors (Lipinski definition) is 2. The van der Waals surface area contributed by atoms with E-state index >= 15 is 0 Å². The second kappa shape index (κ2) is 9.42. The molecule has 0 unspecified atom stereocenters. The first-order valence-electron chi connectivity index (χ1n) is 12.7. The number of aromatic nitrogens is 2. The molecule has 0 radical (unpaired) electrons. The first kappa shape index (κ1) is 24.9. The first-order valence-corrected chi connectivity index (χ1v) is 13.5. The Morgan fingerprint density at radius 1 is 1.16 bits per heavy atom. The fourth-order valence-corrected chi connectivity index (χ4v) is 6.72. The molecule has 0 amide bonds. The number of fused-ring (bicyclic) bond motifs is 2. The number of aryl methyl sites for hydroxylation is 1. The first-order chi connectivity index (χ1) is 17.8. The highest BCUT2D eigenvalue weighted by atomic mass is 35.5. The molecule has 3 fully saturated rings. The summed E-state index contributed by atoms with van der Waals surface area (Å²) in [5, 5.41) is 26.3. The fraction of sp³-hybridized carbons (Fsp3) is 0.519. The number of carboxylic acids is 1. The van der Waals surface area contributed by atoms with Gasteiger partial charge in [-0.3, -0.25) is 4.79 Å². The van der Waals surface area contributed by atoms with Gasteiger partial charge in [0.25, 0.3) is 0 Å². The topological polar surface area (TPSA) is 119 Å². The van der Waals surface area contributed by atoms with E-state index in [0.29, 0.717) is 58.1 Å². The van der Waals surface area contributed by atoms with Crippen LogP contribution in [0.1, 0.15) is 73.1 Å². The second-order valence-electron chi connectivity index (χ2n) is 10.5. The Bertz CT molecular complexity index is 1310. The maximum Gasteiger partial charge on any atom is 0.309 e. The molecule has 0 spiro atoms. The van der Waals surface area contributed by atoms with E-state index < -0.39 is 11.6 Å². The van der Waals surface area contributed by atoms with Crippen molar-refractivity contribution < 1.29 is 28.7 Å². The highest BCUT2D eigenvalue weighted by Crippen LogP contribution is 2.56. The van der Waals surface area contributed by atoms with E-state index in [1.807, 2.05) is 0 Å². The van der Waals surface area contributed by atoms with Gasteiger partial charge in [-0.15, -0.1) is 0 Å². The predicted octanol–water partition coefficient (Wildman–Crippen LogP) is 6.04. The summed E-state index contributed by atoms with van der Waals surface area (Å²) in [7, 11) is 0. The van der Waals surface area contributed by atoms with E-state index in [2.05, 4.69) is 10.1 Å². The molecule has 3 aliphatic rings. The van der Waals surface area contributed by atoms with Crippen LogP contribution in [0.4, 0.5) is 0 Å². The summed E-state index contributed by atoms with van der Waals surface area (Å²) >= 11 is 13.0. The van der Waals surface area contributed by atoms with Crippen LogP contribution in [-0.4, -0.2) is 32.4 Å². The highest BCUT2D eigenvalue weighted by Gasteiger charge is 2.57. The summed E-state index contributed by atoms with van der Waals surface area (Å²) in [6, 6.07) is 5.36. The van der Waals surface area contributed by atoms with Gasteiger partial charge in [0, 0.05) is 17.0 Å². The lowest BCUT2D eigenvalue weighted by molar-refractivity contribution is -0.136. The molecular weight excluding hydrogens is 519 g/mol. The van der Waals surface area contributed by atoms with Gasteiger partial charge < -0.3 is 23.9 Å². The zero-order chi connectivity index (χ0) is 25.9. The number of oxazole rings is 1. The Kier molecular flexibility index (Phi) is 6.34. The van der Waals surface area contributed by atoms with Gasteiger partial charge in [0.1, 0.15) is 22.8 Å². The number of nitrogens with zero attached hydrogens (tertiary/aromatic N) is 2. The van der Waals surface area contributed by atoms with Crippen LogP contribution in [0.25, 0.3) is 11.3 Å². The van der Waals surface area contributed by atoms with Crippen LogP contribution in [-0.2, 0) is 28.2 Å². The molecule has 0 saturated heterocycles. The van der Waals surface area contributed by atoms with Gasteiger partial charge in [-0.25, -0.2) is 4.98 Å². The standard InChI is InChI=1S/C27H28Cl2N2O6/c1-13-21(11-22(32)33)30-26(36-13)27(34)15-7-8-16(27)10-17(9-15)35-12-18-24(31-37-25(18)14-5-6-14)23-19(28)3-2-4-20(23)29/h2-4,14-17,34H,5-12H2,1H3,(H,32,33)/t15-,16+,17-,27+. The summed E-state index contributed by atoms with van der Waals surface area (Å²) in [5.41, 5.74) is 1.30. The zero-order valence-electron chi connectivity index (χ0n) is 20.4. The van der Waals surface area contributed by atoms with Gasteiger partial charge in [0.05, 0.1) is 34.9 Å². The molecule has 10 heteroatoms. The minimum atomic E-state index is -1.21. The molecular formula is C27H28Cl2N2O6. The van der Waals surface area contributed by atoms with Gasteiger partial charge in [-0.2, -0.15) is 0 Å². The lowest BCUT2D eigenvalue weighted by Gasteiger charge is -2.40. The number of ether oxygens (including phenoxy) is 1. The van der Waals surface area contributed by atoms with Gasteiger partial charge in [-0.1, -0.05) is 34.4 Å². The maximum absolute atomic E-state index is 11.7. The minimum absolute atomic E-state index is 0.0659. The highest BCUT2D eigenvalue weighted by molar-refractivity contribution is 6.39. The summed E-state index contributed by atoms with van der Waals surface area (Å²) < 4.78 is 18.0. The number of aliphatic hydroxyl groups is 1. The van der Waals surface area contributed by atoms with Crippen LogP contribution in [0.3, 0.4) is 0 Å². The Hall–Kier alpha value is -2.39. The monoisotopic (exact) mass is 546 g/mol.